The van der Waals surface area contributed by atoms with Gasteiger partial charge >= 0.3 is 0 Å². The second-order valence-corrected chi connectivity index (χ2v) is 7.15. The molecule has 1 aliphatic heterocycles. The summed E-state index contributed by atoms with van der Waals surface area (Å²) in [5.74, 6) is 0.950. The Morgan fingerprint density at radius 3 is 2.79 bits per heavy atom. The van der Waals surface area contributed by atoms with Crippen LogP contribution in [0.3, 0.4) is 0 Å². The number of halogens is 1. The standard InChI is InChI=1S/C16H23BrN2/c1-11(2)18-9-13-4-6-15(8-16(13)17)19-10-12-3-5-14(19)7-12/h4,6,8,11-12,14,18H,3,5,7,9-10H2,1-2H3. The van der Waals surface area contributed by atoms with Crippen molar-refractivity contribution in [2.45, 2.75) is 51.7 Å². The zero-order chi connectivity index (χ0) is 13.4. The molecule has 2 atom stereocenters. The van der Waals surface area contributed by atoms with Crippen LogP contribution >= 0.6 is 15.9 Å². The Kier molecular flexibility index (Phi) is 3.86. The van der Waals surface area contributed by atoms with E-state index in [1.807, 2.05) is 0 Å². The predicted octanol–water partition coefficient (Wildman–Crippen LogP) is 3.94. The number of benzene rings is 1. The predicted molar refractivity (Wildman–Crippen MR) is 84.6 cm³/mol. The van der Waals surface area contributed by atoms with Gasteiger partial charge in [-0.3, -0.25) is 0 Å². The summed E-state index contributed by atoms with van der Waals surface area (Å²) in [6.45, 7) is 6.57. The third kappa shape index (κ3) is 2.82. The van der Waals surface area contributed by atoms with Crippen molar-refractivity contribution >= 4 is 21.6 Å². The molecule has 1 aromatic carbocycles. The van der Waals surface area contributed by atoms with E-state index in [2.05, 4.69) is 58.2 Å². The number of nitrogens with one attached hydrogen (secondary N) is 1. The van der Waals surface area contributed by atoms with Gasteiger partial charge in [-0.15, -0.1) is 0 Å². The van der Waals surface area contributed by atoms with Crippen LogP contribution in [-0.2, 0) is 6.54 Å². The molecule has 1 saturated carbocycles. The van der Waals surface area contributed by atoms with Crippen LogP contribution in [0.15, 0.2) is 22.7 Å². The van der Waals surface area contributed by atoms with E-state index in [4.69, 9.17) is 0 Å². The molecule has 104 valence electrons. The van der Waals surface area contributed by atoms with E-state index in [0.717, 1.165) is 18.5 Å². The van der Waals surface area contributed by atoms with Crippen LogP contribution in [0.5, 0.6) is 0 Å². The molecule has 0 radical (unpaired) electrons. The number of fused-ring (bicyclic) bond motifs is 2. The van der Waals surface area contributed by atoms with Crippen LogP contribution in [0.25, 0.3) is 0 Å². The van der Waals surface area contributed by atoms with Crippen LogP contribution in [0.4, 0.5) is 5.69 Å². The van der Waals surface area contributed by atoms with Gasteiger partial charge in [0.15, 0.2) is 0 Å². The molecule has 1 heterocycles. The molecule has 3 heteroatoms. The number of hydrogen-bond donors (Lipinski definition) is 1. The topological polar surface area (TPSA) is 15.3 Å². The Bertz CT molecular complexity index is 458. The number of hydrogen-bond acceptors (Lipinski definition) is 2. The fourth-order valence-electron chi connectivity index (χ4n) is 3.41. The van der Waals surface area contributed by atoms with Crippen molar-refractivity contribution in [3.63, 3.8) is 0 Å². The largest absolute Gasteiger partial charge is 0.368 e. The minimum absolute atomic E-state index is 0.529. The molecule has 2 bridgehead atoms. The first-order valence-corrected chi connectivity index (χ1v) is 8.21. The van der Waals surface area contributed by atoms with Gasteiger partial charge in [0.05, 0.1) is 0 Å². The molecular formula is C16H23BrN2. The van der Waals surface area contributed by atoms with Crippen molar-refractivity contribution in [3.05, 3.63) is 28.2 Å². The molecule has 1 aromatic rings. The molecule has 19 heavy (non-hydrogen) atoms. The van der Waals surface area contributed by atoms with E-state index >= 15 is 0 Å². The molecule has 2 unspecified atom stereocenters. The van der Waals surface area contributed by atoms with Gasteiger partial charge in [0.2, 0.25) is 0 Å². The van der Waals surface area contributed by atoms with Gasteiger partial charge in [-0.25, -0.2) is 0 Å². The van der Waals surface area contributed by atoms with E-state index < -0.39 is 0 Å². The van der Waals surface area contributed by atoms with E-state index in [1.165, 1.54) is 41.5 Å². The summed E-state index contributed by atoms with van der Waals surface area (Å²) in [5, 5.41) is 3.48. The summed E-state index contributed by atoms with van der Waals surface area (Å²) < 4.78 is 1.24. The molecular weight excluding hydrogens is 300 g/mol. The van der Waals surface area contributed by atoms with E-state index in [-0.39, 0.29) is 0 Å². The summed E-state index contributed by atoms with van der Waals surface area (Å²) in [7, 11) is 0. The highest BCUT2D eigenvalue weighted by molar-refractivity contribution is 9.10. The maximum Gasteiger partial charge on any atom is 0.0380 e. The van der Waals surface area contributed by atoms with Gasteiger partial charge in [0.1, 0.15) is 0 Å². The van der Waals surface area contributed by atoms with E-state index in [0.29, 0.717) is 6.04 Å². The highest BCUT2D eigenvalue weighted by atomic mass is 79.9. The maximum atomic E-state index is 3.73. The second kappa shape index (κ2) is 5.45. The third-order valence-corrected chi connectivity index (χ3v) is 5.22. The minimum atomic E-state index is 0.529. The number of anilines is 1. The molecule has 2 aliphatic rings. The van der Waals surface area contributed by atoms with Gasteiger partial charge in [-0.2, -0.15) is 0 Å². The molecule has 0 spiro atoms. The normalized spacial score (nSPS) is 25.6. The first-order chi connectivity index (χ1) is 9.13. The van der Waals surface area contributed by atoms with Gasteiger partial charge in [-0.05, 0) is 42.9 Å². The highest BCUT2D eigenvalue weighted by Crippen LogP contribution is 2.40. The van der Waals surface area contributed by atoms with Crippen LogP contribution < -0.4 is 10.2 Å². The van der Waals surface area contributed by atoms with E-state index in [1.54, 1.807) is 0 Å². The summed E-state index contributed by atoms with van der Waals surface area (Å²) in [4.78, 5) is 2.61. The van der Waals surface area contributed by atoms with Crippen LogP contribution in [0.1, 0.15) is 38.7 Å². The lowest BCUT2D eigenvalue weighted by atomic mass is 10.1. The summed E-state index contributed by atoms with van der Waals surface area (Å²) in [5.41, 5.74) is 2.74. The Morgan fingerprint density at radius 2 is 2.21 bits per heavy atom. The summed E-state index contributed by atoms with van der Waals surface area (Å²) in [6.07, 6.45) is 4.24. The molecule has 1 saturated heterocycles. The van der Waals surface area contributed by atoms with Gasteiger partial charge in [0, 0.05) is 35.3 Å². The molecule has 0 amide bonds. The Hall–Kier alpha value is -0.540. The van der Waals surface area contributed by atoms with Crippen LogP contribution in [0.2, 0.25) is 0 Å². The summed E-state index contributed by atoms with van der Waals surface area (Å²) in [6, 6.07) is 8.19. The fourth-order valence-corrected chi connectivity index (χ4v) is 3.92. The zero-order valence-electron chi connectivity index (χ0n) is 11.8. The fraction of sp³-hybridized carbons (Fsp3) is 0.625. The highest BCUT2D eigenvalue weighted by Gasteiger charge is 2.37. The Balaban J connectivity index is 1.72. The quantitative estimate of drug-likeness (QED) is 0.903. The van der Waals surface area contributed by atoms with Gasteiger partial charge in [-0.1, -0.05) is 35.8 Å². The Labute approximate surface area is 124 Å². The molecule has 2 nitrogen and oxygen atoms in total. The first kappa shape index (κ1) is 13.4. The molecule has 2 fully saturated rings. The third-order valence-electron chi connectivity index (χ3n) is 4.48. The summed E-state index contributed by atoms with van der Waals surface area (Å²) >= 11 is 3.73. The molecule has 0 aromatic heterocycles. The van der Waals surface area contributed by atoms with Crippen molar-refractivity contribution in [1.82, 2.24) is 5.32 Å². The van der Waals surface area contributed by atoms with E-state index in [9.17, 15) is 0 Å². The van der Waals surface area contributed by atoms with Gasteiger partial charge < -0.3 is 10.2 Å². The maximum absolute atomic E-state index is 3.73. The lowest BCUT2D eigenvalue weighted by Crippen LogP contribution is -2.31. The monoisotopic (exact) mass is 322 g/mol. The molecule has 1 N–H and O–H groups in total. The minimum Gasteiger partial charge on any atom is -0.368 e. The van der Waals surface area contributed by atoms with Crippen molar-refractivity contribution in [3.8, 4) is 0 Å². The number of piperidine rings is 1. The number of nitrogens with zero attached hydrogens (tertiary/aromatic N) is 1. The van der Waals surface area contributed by atoms with Crippen molar-refractivity contribution in [1.29, 1.82) is 0 Å². The average molecular weight is 323 g/mol. The first-order valence-electron chi connectivity index (χ1n) is 7.42. The SMILES string of the molecule is CC(C)NCc1ccc(N2CC3CCC2C3)cc1Br. The molecule has 3 rings (SSSR count). The smallest absolute Gasteiger partial charge is 0.0380 e. The second-order valence-electron chi connectivity index (χ2n) is 6.30. The average Bonchev–Trinajstić information content (AvgIpc) is 2.99. The van der Waals surface area contributed by atoms with Crippen molar-refractivity contribution in [2.24, 2.45) is 5.92 Å². The lowest BCUT2D eigenvalue weighted by Gasteiger charge is -2.29. The van der Waals surface area contributed by atoms with Crippen LogP contribution in [-0.4, -0.2) is 18.6 Å². The van der Waals surface area contributed by atoms with Gasteiger partial charge in [0.25, 0.3) is 0 Å². The van der Waals surface area contributed by atoms with Crippen molar-refractivity contribution < 1.29 is 0 Å². The lowest BCUT2D eigenvalue weighted by molar-refractivity contribution is 0.553. The number of rotatable bonds is 4. The zero-order valence-corrected chi connectivity index (χ0v) is 13.4. The van der Waals surface area contributed by atoms with Crippen LogP contribution in [0, 0.1) is 5.92 Å². The molecule has 1 aliphatic carbocycles. The Morgan fingerprint density at radius 1 is 1.37 bits per heavy atom. The van der Waals surface area contributed by atoms with Crippen molar-refractivity contribution in [2.75, 3.05) is 11.4 Å².